The lowest BCUT2D eigenvalue weighted by atomic mass is 9.95. The predicted molar refractivity (Wildman–Crippen MR) is 120 cm³/mol. The van der Waals surface area contributed by atoms with E-state index in [9.17, 15) is 19.1 Å². The fraction of sp³-hybridized carbons (Fsp3) is 0.333. The first kappa shape index (κ1) is 23.9. The van der Waals surface area contributed by atoms with E-state index in [0.717, 1.165) is 15.4 Å². The van der Waals surface area contributed by atoms with Gasteiger partial charge in [-0.2, -0.15) is 0 Å². The van der Waals surface area contributed by atoms with Crippen LogP contribution in [0, 0.1) is 5.82 Å². The predicted octanol–water partition coefficient (Wildman–Crippen LogP) is 1.74. The third kappa shape index (κ3) is 5.02. The van der Waals surface area contributed by atoms with Gasteiger partial charge in [-0.15, -0.1) is 0 Å². The molecule has 32 heavy (non-hydrogen) atoms. The Morgan fingerprint density at radius 3 is 2.41 bits per heavy atom. The summed E-state index contributed by atoms with van der Waals surface area (Å²) in [7, 11) is 3.88. The molecule has 3 rings (SSSR count). The van der Waals surface area contributed by atoms with Crippen LogP contribution in [0.4, 0.5) is 4.39 Å². The average Bonchev–Trinajstić information content (AvgIpc) is 2.98. The van der Waals surface area contributed by atoms with Crippen molar-refractivity contribution >= 4 is 33.4 Å². The number of likely N-dealkylation sites (N-methyl/N-ethyl adjacent to an activating group) is 1. The van der Waals surface area contributed by atoms with Gasteiger partial charge >= 0.3 is 0 Å². The number of halogens is 2. The van der Waals surface area contributed by atoms with Gasteiger partial charge in [0.1, 0.15) is 0 Å². The fourth-order valence-corrected chi connectivity index (χ4v) is 3.85. The van der Waals surface area contributed by atoms with Crippen molar-refractivity contribution in [1.29, 1.82) is 0 Å². The minimum atomic E-state index is -0.848. The number of amides is 1. The van der Waals surface area contributed by atoms with Crippen LogP contribution in [0.15, 0.2) is 52.5 Å². The number of carbonyl (C=O) groups is 2. The number of nitrogens with zero attached hydrogens (tertiary/aromatic N) is 1. The van der Waals surface area contributed by atoms with E-state index in [1.807, 2.05) is 14.1 Å². The number of nitrogens with one attached hydrogen (secondary N) is 1. The number of Topliss-reactive ketones (excluding diaryl/α,β-unsaturated/α-hetero) is 1. The van der Waals surface area contributed by atoms with Crippen molar-refractivity contribution in [2.24, 2.45) is 0 Å². The summed E-state index contributed by atoms with van der Waals surface area (Å²) >= 11 is 3.38. The molecule has 1 amide bonds. The Balaban J connectivity index is 2.11. The van der Waals surface area contributed by atoms with Crippen LogP contribution in [0.25, 0.3) is 5.76 Å². The fourth-order valence-electron chi connectivity index (χ4n) is 3.58. The Bertz CT molecular complexity index is 1050. The Morgan fingerprint density at radius 1 is 1.19 bits per heavy atom. The molecule has 8 heteroatoms. The molecule has 2 aromatic rings. The van der Waals surface area contributed by atoms with Crippen molar-refractivity contribution in [2.75, 3.05) is 27.2 Å². The number of likely N-dealkylation sites (tertiary alicyclic amines) is 1. The smallest absolute Gasteiger partial charge is 0.295 e. The molecule has 170 valence electrons. The van der Waals surface area contributed by atoms with Crippen LogP contribution in [0.3, 0.4) is 0 Å². The Hall–Kier alpha value is -2.71. The van der Waals surface area contributed by atoms with E-state index < -0.39 is 29.3 Å². The maximum Gasteiger partial charge on any atom is 0.295 e. The van der Waals surface area contributed by atoms with Crippen LogP contribution >= 0.6 is 15.9 Å². The van der Waals surface area contributed by atoms with Crippen LogP contribution in [-0.2, 0) is 9.59 Å². The molecule has 0 bridgehead atoms. The molecule has 1 fully saturated rings. The van der Waals surface area contributed by atoms with E-state index in [1.54, 1.807) is 38.1 Å². The lowest BCUT2D eigenvalue weighted by molar-refractivity contribution is -0.857. The van der Waals surface area contributed by atoms with Gasteiger partial charge in [-0.25, -0.2) is 4.39 Å². The lowest BCUT2D eigenvalue weighted by Crippen LogP contribution is -3.06. The van der Waals surface area contributed by atoms with E-state index >= 15 is 0 Å². The number of hydrogen-bond acceptors (Lipinski definition) is 4. The molecule has 6 nitrogen and oxygen atoms in total. The van der Waals surface area contributed by atoms with Crippen LogP contribution in [-0.4, -0.2) is 49.9 Å². The zero-order valence-corrected chi connectivity index (χ0v) is 20.0. The Labute approximate surface area is 195 Å². The van der Waals surface area contributed by atoms with E-state index in [4.69, 9.17) is 4.74 Å². The van der Waals surface area contributed by atoms with Gasteiger partial charge in [-0.3, -0.25) is 9.59 Å². The zero-order chi connectivity index (χ0) is 23.6. The topological polar surface area (TPSA) is 74.1 Å². The summed E-state index contributed by atoms with van der Waals surface area (Å²) in [5, 5.41) is 13.4. The summed E-state index contributed by atoms with van der Waals surface area (Å²) in [5.74, 6) is -2.90. The van der Waals surface area contributed by atoms with Crippen molar-refractivity contribution in [1.82, 2.24) is 4.90 Å². The normalized spacial score (nSPS) is 18.1. The highest BCUT2D eigenvalue weighted by Gasteiger charge is 2.44. The molecule has 2 aromatic carbocycles. The molecule has 1 atom stereocenters. The molecule has 0 aromatic heterocycles. The van der Waals surface area contributed by atoms with Crippen molar-refractivity contribution in [3.8, 4) is 5.75 Å². The standard InChI is InChI=1S/C24H26BrFN2O4/c1-14(2)32-19-10-7-16(13-18(19)26)22(29)20-21(15-5-8-17(25)9-6-15)28(12-11-27(3)4)24(31)23(20)30/h5-10,13-14,21,29H,11-12H2,1-4H3. The molecular formula is C24H26BrFN2O4. The van der Waals surface area contributed by atoms with E-state index in [-0.39, 0.29) is 23.0 Å². The molecule has 0 saturated carbocycles. The minimum Gasteiger partial charge on any atom is -0.872 e. The Morgan fingerprint density at radius 2 is 1.84 bits per heavy atom. The number of quaternary nitrogens is 1. The highest BCUT2D eigenvalue weighted by atomic mass is 79.9. The number of carbonyl (C=O) groups excluding carboxylic acids is 2. The van der Waals surface area contributed by atoms with Crippen LogP contribution < -0.4 is 14.7 Å². The van der Waals surface area contributed by atoms with Crippen molar-refractivity contribution in [2.45, 2.75) is 26.0 Å². The average molecular weight is 505 g/mol. The molecule has 1 saturated heterocycles. The van der Waals surface area contributed by atoms with Gasteiger partial charge in [0.25, 0.3) is 5.91 Å². The molecule has 1 N–H and O–H groups in total. The molecule has 1 aliphatic heterocycles. The van der Waals surface area contributed by atoms with E-state index in [0.29, 0.717) is 18.7 Å². The summed E-state index contributed by atoms with van der Waals surface area (Å²) in [4.78, 5) is 28.3. The van der Waals surface area contributed by atoms with E-state index in [1.165, 1.54) is 17.0 Å². The number of rotatable bonds is 7. The van der Waals surface area contributed by atoms with Gasteiger partial charge < -0.3 is 19.6 Å². The second-order valence-corrected chi connectivity index (χ2v) is 9.21. The molecule has 1 heterocycles. The van der Waals surface area contributed by atoms with Gasteiger partial charge in [0, 0.05) is 10.0 Å². The second-order valence-electron chi connectivity index (χ2n) is 8.29. The second kappa shape index (κ2) is 9.83. The zero-order valence-electron chi connectivity index (χ0n) is 18.4. The maximum atomic E-state index is 14.5. The number of ketones is 1. The SMILES string of the molecule is CC(C)Oc1ccc(C([O-])=C2C(=O)C(=O)N(CC[NH+](C)C)C2c2ccc(Br)cc2)cc1F. The lowest BCUT2D eigenvalue weighted by Gasteiger charge is -2.28. The van der Waals surface area contributed by atoms with Crippen molar-refractivity contribution in [3.05, 3.63) is 69.5 Å². The minimum absolute atomic E-state index is 0.00282. The third-order valence-electron chi connectivity index (χ3n) is 5.12. The maximum absolute atomic E-state index is 14.5. The van der Waals surface area contributed by atoms with Crippen LogP contribution in [0.2, 0.25) is 0 Å². The summed E-state index contributed by atoms with van der Waals surface area (Å²) in [6.45, 7) is 4.44. The quantitative estimate of drug-likeness (QED) is 0.354. The van der Waals surface area contributed by atoms with Gasteiger partial charge in [-0.1, -0.05) is 39.9 Å². The summed E-state index contributed by atoms with van der Waals surface area (Å²) in [6, 6.07) is 10.1. The van der Waals surface area contributed by atoms with E-state index in [2.05, 4.69) is 15.9 Å². The molecule has 0 radical (unpaired) electrons. The molecular weight excluding hydrogens is 479 g/mol. The number of ether oxygens (including phenoxy) is 1. The van der Waals surface area contributed by atoms with Gasteiger partial charge in [-0.05, 0) is 49.2 Å². The van der Waals surface area contributed by atoms with Gasteiger partial charge in [0.15, 0.2) is 11.6 Å². The van der Waals surface area contributed by atoms with Crippen LogP contribution in [0.1, 0.15) is 31.0 Å². The molecule has 0 aliphatic carbocycles. The number of hydrogen-bond donors (Lipinski definition) is 1. The highest BCUT2D eigenvalue weighted by molar-refractivity contribution is 9.10. The third-order valence-corrected chi connectivity index (χ3v) is 5.65. The first-order valence-corrected chi connectivity index (χ1v) is 11.2. The molecule has 1 unspecified atom stereocenters. The van der Waals surface area contributed by atoms with Crippen molar-refractivity contribution in [3.63, 3.8) is 0 Å². The summed E-state index contributed by atoms with van der Waals surface area (Å²) in [5.41, 5.74) is 0.477. The monoisotopic (exact) mass is 504 g/mol. The van der Waals surface area contributed by atoms with Gasteiger partial charge in [0.2, 0.25) is 5.78 Å². The summed E-state index contributed by atoms with van der Waals surface area (Å²) in [6.07, 6.45) is -0.233. The summed E-state index contributed by atoms with van der Waals surface area (Å²) < 4.78 is 20.7. The first-order chi connectivity index (χ1) is 15.1. The van der Waals surface area contributed by atoms with Crippen molar-refractivity contribution < 1.29 is 28.7 Å². The first-order valence-electron chi connectivity index (χ1n) is 10.4. The molecule has 1 aliphatic rings. The molecule has 0 spiro atoms. The largest absolute Gasteiger partial charge is 0.872 e. The van der Waals surface area contributed by atoms with Gasteiger partial charge in [0.05, 0.1) is 39.3 Å². The van der Waals surface area contributed by atoms with Crippen LogP contribution in [0.5, 0.6) is 5.75 Å². The highest BCUT2D eigenvalue weighted by Crippen LogP contribution is 2.39. The number of benzene rings is 2. The Kier molecular flexibility index (Phi) is 7.36.